The van der Waals surface area contributed by atoms with Crippen LogP contribution in [-0.2, 0) is 14.3 Å². The predicted molar refractivity (Wildman–Crippen MR) is 74.0 cm³/mol. The first-order valence-corrected chi connectivity index (χ1v) is 7.04. The minimum Gasteiger partial charge on any atom is -0.382 e. The molecule has 0 atom stereocenters. The van der Waals surface area contributed by atoms with Crippen LogP contribution >= 0.6 is 0 Å². The van der Waals surface area contributed by atoms with Crippen molar-refractivity contribution in [3.63, 3.8) is 0 Å². The van der Waals surface area contributed by atoms with Gasteiger partial charge in [-0.25, -0.2) is 0 Å². The minimum atomic E-state index is 0.0812. The molecule has 0 unspecified atom stereocenters. The number of carbonyl (C=O) groups excluding carboxylic acids is 1. The van der Waals surface area contributed by atoms with Crippen molar-refractivity contribution >= 4 is 5.91 Å². The van der Waals surface area contributed by atoms with Gasteiger partial charge >= 0.3 is 0 Å². The summed E-state index contributed by atoms with van der Waals surface area (Å²) in [6.45, 7) is 6.52. The van der Waals surface area contributed by atoms with Crippen molar-refractivity contribution < 1.29 is 14.3 Å². The van der Waals surface area contributed by atoms with Crippen molar-refractivity contribution in [1.29, 1.82) is 0 Å². The molecule has 0 aromatic heterocycles. The maximum absolute atomic E-state index is 11.9. The molecule has 0 radical (unpaired) electrons. The Morgan fingerprint density at radius 2 is 1.89 bits per heavy atom. The van der Waals surface area contributed by atoms with Crippen LogP contribution in [0.3, 0.4) is 0 Å². The molecule has 1 aliphatic heterocycles. The van der Waals surface area contributed by atoms with Crippen LogP contribution in [0.2, 0.25) is 0 Å². The first-order valence-electron chi connectivity index (χ1n) is 7.04. The van der Waals surface area contributed by atoms with Gasteiger partial charge in [-0.15, -0.1) is 0 Å². The zero-order valence-corrected chi connectivity index (χ0v) is 12.0. The molecule has 2 N–H and O–H groups in total. The maximum Gasteiger partial charge on any atom is 0.248 e. The van der Waals surface area contributed by atoms with E-state index in [1.807, 2.05) is 4.90 Å². The third kappa shape index (κ3) is 6.87. The fourth-order valence-corrected chi connectivity index (χ4v) is 2.09. The van der Waals surface area contributed by atoms with Crippen LogP contribution < -0.4 is 5.73 Å². The quantitative estimate of drug-likeness (QED) is 0.575. The summed E-state index contributed by atoms with van der Waals surface area (Å²) < 4.78 is 10.1. The molecule has 0 aromatic rings. The second-order valence-electron chi connectivity index (χ2n) is 4.76. The lowest BCUT2D eigenvalue weighted by Gasteiger charge is -2.34. The summed E-state index contributed by atoms with van der Waals surface area (Å²) in [7, 11) is 1.62. The number of ether oxygens (including phenoxy) is 2. The molecule has 0 spiro atoms. The second-order valence-corrected chi connectivity index (χ2v) is 4.76. The van der Waals surface area contributed by atoms with Crippen molar-refractivity contribution in [2.75, 3.05) is 66.2 Å². The Labute approximate surface area is 115 Å². The molecule has 19 heavy (non-hydrogen) atoms. The molecule has 0 aromatic carbocycles. The molecule has 6 heteroatoms. The molecule has 1 saturated heterocycles. The first-order chi connectivity index (χ1) is 9.27. The van der Waals surface area contributed by atoms with E-state index in [0.717, 1.165) is 52.1 Å². The number of methoxy groups -OCH3 is 1. The number of nitrogens with zero attached hydrogens (tertiary/aromatic N) is 2. The summed E-state index contributed by atoms with van der Waals surface area (Å²) in [5.74, 6) is 0.0812. The zero-order chi connectivity index (χ0) is 13.9. The number of hydrogen-bond donors (Lipinski definition) is 1. The molecule has 0 saturated carbocycles. The van der Waals surface area contributed by atoms with E-state index in [2.05, 4.69) is 4.90 Å². The fourth-order valence-electron chi connectivity index (χ4n) is 2.09. The summed E-state index contributed by atoms with van der Waals surface area (Å²) in [6, 6.07) is 0. The van der Waals surface area contributed by atoms with Crippen LogP contribution in [0, 0.1) is 0 Å². The van der Waals surface area contributed by atoms with E-state index in [1.54, 1.807) is 7.11 Å². The average Bonchev–Trinajstić information content (AvgIpc) is 2.44. The van der Waals surface area contributed by atoms with E-state index in [0.29, 0.717) is 13.2 Å². The Balaban J connectivity index is 2.09. The van der Waals surface area contributed by atoms with Crippen molar-refractivity contribution in [2.45, 2.75) is 12.8 Å². The molecule has 1 rings (SSSR count). The van der Waals surface area contributed by atoms with Gasteiger partial charge in [0.15, 0.2) is 0 Å². The third-order valence-electron chi connectivity index (χ3n) is 3.31. The SMILES string of the molecule is COCCOCC(=O)N1CCN(CCCCN)CC1. The minimum absolute atomic E-state index is 0.0812. The van der Waals surface area contributed by atoms with Gasteiger partial charge in [-0.1, -0.05) is 0 Å². The Hall–Kier alpha value is -0.690. The molecular formula is C13H27N3O3. The normalized spacial score (nSPS) is 16.8. The molecular weight excluding hydrogens is 246 g/mol. The molecule has 112 valence electrons. The molecule has 0 aliphatic carbocycles. The van der Waals surface area contributed by atoms with Gasteiger partial charge in [0.2, 0.25) is 5.91 Å². The molecule has 0 bridgehead atoms. The predicted octanol–water partition coefficient (Wildman–Crippen LogP) is -0.467. The monoisotopic (exact) mass is 273 g/mol. The number of unbranched alkanes of at least 4 members (excludes halogenated alkanes) is 1. The average molecular weight is 273 g/mol. The highest BCUT2D eigenvalue weighted by Crippen LogP contribution is 2.04. The fraction of sp³-hybridized carbons (Fsp3) is 0.923. The van der Waals surface area contributed by atoms with Crippen molar-refractivity contribution in [1.82, 2.24) is 9.80 Å². The number of piperazine rings is 1. The van der Waals surface area contributed by atoms with Crippen LogP contribution in [0.1, 0.15) is 12.8 Å². The molecule has 1 heterocycles. The van der Waals surface area contributed by atoms with Crippen molar-refractivity contribution in [3.05, 3.63) is 0 Å². The topological polar surface area (TPSA) is 68.0 Å². The Kier molecular flexibility index (Phi) is 8.73. The number of carbonyl (C=O) groups is 1. The summed E-state index contributed by atoms with van der Waals surface area (Å²) in [4.78, 5) is 16.1. The van der Waals surface area contributed by atoms with Gasteiger partial charge in [-0.2, -0.15) is 0 Å². The highest BCUT2D eigenvalue weighted by atomic mass is 16.5. The Morgan fingerprint density at radius 1 is 1.16 bits per heavy atom. The van der Waals surface area contributed by atoms with Gasteiger partial charge < -0.3 is 20.1 Å². The van der Waals surface area contributed by atoms with Crippen LogP contribution in [0.15, 0.2) is 0 Å². The van der Waals surface area contributed by atoms with E-state index < -0.39 is 0 Å². The summed E-state index contributed by atoms with van der Waals surface area (Å²) >= 11 is 0. The summed E-state index contributed by atoms with van der Waals surface area (Å²) in [5.41, 5.74) is 5.48. The standard InChI is InChI=1S/C13H27N3O3/c1-18-10-11-19-12-13(17)16-8-6-15(7-9-16)5-3-2-4-14/h2-12,14H2,1H3. The first kappa shape index (κ1) is 16.4. The zero-order valence-electron chi connectivity index (χ0n) is 12.0. The van der Waals surface area contributed by atoms with Gasteiger partial charge in [0.05, 0.1) is 13.2 Å². The lowest BCUT2D eigenvalue weighted by atomic mass is 10.2. The third-order valence-corrected chi connectivity index (χ3v) is 3.31. The van der Waals surface area contributed by atoms with Crippen LogP contribution in [0.25, 0.3) is 0 Å². The van der Waals surface area contributed by atoms with E-state index in [9.17, 15) is 4.79 Å². The van der Waals surface area contributed by atoms with Crippen LogP contribution in [-0.4, -0.2) is 81.9 Å². The van der Waals surface area contributed by atoms with E-state index in [-0.39, 0.29) is 12.5 Å². The largest absolute Gasteiger partial charge is 0.382 e. The highest BCUT2D eigenvalue weighted by Gasteiger charge is 2.20. The molecule has 1 fully saturated rings. The van der Waals surface area contributed by atoms with Gasteiger partial charge in [-0.3, -0.25) is 9.69 Å². The molecule has 1 aliphatic rings. The number of amides is 1. The number of rotatable bonds is 9. The van der Waals surface area contributed by atoms with Gasteiger partial charge in [-0.05, 0) is 25.9 Å². The van der Waals surface area contributed by atoms with Crippen molar-refractivity contribution in [2.24, 2.45) is 5.73 Å². The van der Waals surface area contributed by atoms with Crippen LogP contribution in [0.4, 0.5) is 0 Å². The van der Waals surface area contributed by atoms with E-state index in [1.165, 1.54) is 0 Å². The second kappa shape index (κ2) is 10.1. The van der Waals surface area contributed by atoms with E-state index >= 15 is 0 Å². The lowest BCUT2D eigenvalue weighted by molar-refractivity contribution is -0.138. The maximum atomic E-state index is 11.9. The van der Waals surface area contributed by atoms with Gasteiger partial charge in [0.25, 0.3) is 0 Å². The van der Waals surface area contributed by atoms with Gasteiger partial charge in [0.1, 0.15) is 6.61 Å². The van der Waals surface area contributed by atoms with Crippen molar-refractivity contribution in [3.8, 4) is 0 Å². The molecule has 1 amide bonds. The Bertz CT molecular complexity index is 243. The molecule has 6 nitrogen and oxygen atoms in total. The number of nitrogens with two attached hydrogens (primary N) is 1. The highest BCUT2D eigenvalue weighted by molar-refractivity contribution is 5.77. The van der Waals surface area contributed by atoms with Crippen LogP contribution in [0.5, 0.6) is 0 Å². The summed E-state index contributed by atoms with van der Waals surface area (Å²) in [6.07, 6.45) is 2.22. The van der Waals surface area contributed by atoms with E-state index in [4.69, 9.17) is 15.2 Å². The summed E-state index contributed by atoms with van der Waals surface area (Å²) in [5, 5.41) is 0. The Morgan fingerprint density at radius 3 is 2.53 bits per heavy atom. The number of hydrogen-bond acceptors (Lipinski definition) is 5. The van der Waals surface area contributed by atoms with Gasteiger partial charge in [0, 0.05) is 33.3 Å². The lowest BCUT2D eigenvalue weighted by Crippen LogP contribution is -2.49. The smallest absolute Gasteiger partial charge is 0.248 e.